The molecule has 5 nitrogen and oxygen atoms in total. The minimum absolute atomic E-state index is 0.00867. The highest BCUT2D eigenvalue weighted by Crippen LogP contribution is 2.22. The second-order valence-corrected chi connectivity index (χ2v) is 4.08. The Bertz CT molecular complexity index is 420. The summed E-state index contributed by atoms with van der Waals surface area (Å²) in [4.78, 5) is 13.3. The molecular formula is C12H17N3O2. The summed E-state index contributed by atoms with van der Waals surface area (Å²) in [6.07, 6.45) is 0.984. The molecule has 1 saturated heterocycles. The lowest BCUT2D eigenvalue weighted by Gasteiger charge is -2.27. The highest BCUT2D eigenvalue weighted by Gasteiger charge is 2.17. The molecule has 0 spiro atoms. The zero-order valence-electron chi connectivity index (χ0n) is 9.90. The van der Waals surface area contributed by atoms with Crippen LogP contribution in [0.2, 0.25) is 0 Å². The fraction of sp³-hybridized carbons (Fsp3) is 0.417. The number of ether oxygens (including phenoxy) is 1. The molecule has 1 aromatic rings. The Kier molecular flexibility index (Phi) is 3.37. The van der Waals surface area contributed by atoms with Crippen LogP contribution in [-0.2, 0) is 6.54 Å². The number of amides is 2. The van der Waals surface area contributed by atoms with E-state index in [-0.39, 0.29) is 6.03 Å². The van der Waals surface area contributed by atoms with Crippen LogP contribution < -0.4 is 15.8 Å². The Balaban J connectivity index is 2.07. The maximum atomic E-state index is 11.6. The van der Waals surface area contributed by atoms with E-state index in [0.717, 1.165) is 25.1 Å². The number of rotatable bonds is 3. The van der Waals surface area contributed by atoms with Crippen molar-refractivity contribution < 1.29 is 9.53 Å². The quantitative estimate of drug-likeness (QED) is 0.773. The first-order chi connectivity index (χ1) is 8.20. The molecule has 0 aromatic heterocycles. The van der Waals surface area contributed by atoms with E-state index in [9.17, 15) is 4.79 Å². The fourth-order valence-corrected chi connectivity index (χ4v) is 1.93. The molecule has 0 saturated carbocycles. The molecule has 0 radical (unpaired) electrons. The predicted octanol–water partition coefficient (Wildman–Crippen LogP) is 1.19. The predicted molar refractivity (Wildman–Crippen MR) is 65.8 cm³/mol. The number of hydrogen-bond acceptors (Lipinski definition) is 3. The first-order valence-electron chi connectivity index (χ1n) is 5.66. The molecule has 92 valence electrons. The molecule has 2 amide bonds. The Hall–Kier alpha value is -1.91. The van der Waals surface area contributed by atoms with E-state index in [1.54, 1.807) is 12.0 Å². The second-order valence-electron chi connectivity index (χ2n) is 4.08. The summed E-state index contributed by atoms with van der Waals surface area (Å²) in [7, 11) is 1.59. The molecule has 1 heterocycles. The number of nitrogens with two attached hydrogens (primary N) is 1. The Morgan fingerprint density at radius 1 is 1.53 bits per heavy atom. The fourth-order valence-electron chi connectivity index (χ4n) is 1.93. The number of nitrogen functional groups attached to an aromatic ring is 1. The van der Waals surface area contributed by atoms with Gasteiger partial charge in [0.15, 0.2) is 0 Å². The number of carbonyl (C=O) groups is 1. The highest BCUT2D eigenvalue weighted by molar-refractivity contribution is 5.74. The van der Waals surface area contributed by atoms with E-state index in [0.29, 0.717) is 18.0 Å². The maximum absolute atomic E-state index is 11.6. The van der Waals surface area contributed by atoms with E-state index in [1.807, 2.05) is 18.2 Å². The minimum atomic E-state index is -0.00867. The normalized spacial score (nSPS) is 15.6. The molecule has 17 heavy (non-hydrogen) atoms. The summed E-state index contributed by atoms with van der Waals surface area (Å²) in [6.45, 7) is 2.14. The molecule has 1 aromatic carbocycles. The minimum Gasteiger partial charge on any atom is -0.495 e. The molecule has 0 unspecified atom stereocenters. The molecule has 1 aliphatic heterocycles. The zero-order chi connectivity index (χ0) is 12.3. The van der Waals surface area contributed by atoms with Crippen LogP contribution in [0.25, 0.3) is 0 Å². The van der Waals surface area contributed by atoms with Crippen LogP contribution in [0.1, 0.15) is 12.0 Å². The summed E-state index contributed by atoms with van der Waals surface area (Å²) < 4.78 is 5.09. The average Bonchev–Trinajstić information content (AvgIpc) is 2.32. The van der Waals surface area contributed by atoms with Crippen molar-refractivity contribution in [3.63, 3.8) is 0 Å². The third-order valence-electron chi connectivity index (χ3n) is 2.84. The summed E-state index contributed by atoms with van der Waals surface area (Å²) >= 11 is 0. The first kappa shape index (κ1) is 11.6. The number of nitrogens with zero attached hydrogens (tertiary/aromatic N) is 1. The van der Waals surface area contributed by atoms with Crippen LogP contribution in [0.5, 0.6) is 5.75 Å². The largest absolute Gasteiger partial charge is 0.495 e. The van der Waals surface area contributed by atoms with Gasteiger partial charge in [0.1, 0.15) is 5.75 Å². The molecule has 1 fully saturated rings. The van der Waals surface area contributed by atoms with Gasteiger partial charge in [-0.25, -0.2) is 4.79 Å². The van der Waals surface area contributed by atoms with E-state index >= 15 is 0 Å². The van der Waals surface area contributed by atoms with Crippen molar-refractivity contribution in [2.75, 3.05) is 25.9 Å². The second kappa shape index (κ2) is 4.95. The number of benzene rings is 1. The number of carbonyl (C=O) groups excluding carboxylic acids is 1. The van der Waals surface area contributed by atoms with Gasteiger partial charge in [0.05, 0.1) is 12.8 Å². The molecule has 3 N–H and O–H groups in total. The number of nitrogens with one attached hydrogen (secondary N) is 1. The SMILES string of the molecule is COc1ccc(CN2CCCNC2=O)cc1N. The molecule has 0 bridgehead atoms. The van der Waals surface area contributed by atoms with Gasteiger partial charge in [-0.15, -0.1) is 0 Å². The lowest BCUT2D eigenvalue weighted by atomic mass is 10.1. The third kappa shape index (κ3) is 2.61. The van der Waals surface area contributed by atoms with Crippen LogP contribution in [-0.4, -0.2) is 31.1 Å². The van der Waals surface area contributed by atoms with Gasteiger partial charge < -0.3 is 20.7 Å². The number of urea groups is 1. The van der Waals surface area contributed by atoms with Gasteiger partial charge in [0.2, 0.25) is 0 Å². The van der Waals surface area contributed by atoms with Gasteiger partial charge >= 0.3 is 6.03 Å². The topological polar surface area (TPSA) is 67.6 Å². The molecular weight excluding hydrogens is 218 g/mol. The zero-order valence-corrected chi connectivity index (χ0v) is 9.90. The summed E-state index contributed by atoms with van der Waals surface area (Å²) in [5, 5.41) is 2.82. The molecule has 0 atom stereocenters. The van der Waals surface area contributed by atoms with Crippen molar-refractivity contribution in [3.8, 4) is 5.75 Å². The maximum Gasteiger partial charge on any atom is 0.317 e. The van der Waals surface area contributed by atoms with Crippen molar-refractivity contribution in [1.29, 1.82) is 0 Å². The summed E-state index contributed by atoms with van der Waals surface area (Å²) in [5.41, 5.74) is 7.44. The van der Waals surface area contributed by atoms with Crippen molar-refractivity contribution >= 4 is 11.7 Å². The van der Waals surface area contributed by atoms with Gasteiger partial charge in [0.25, 0.3) is 0 Å². The standard InChI is InChI=1S/C12H17N3O2/c1-17-11-4-3-9(7-10(11)13)8-15-6-2-5-14-12(15)16/h3-4,7H,2,5-6,8,13H2,1H3,(H,14,16). The monoisotopic (exact) mass is 235 g/mol. The van der Waals surface area contributed by atoms with Gasteiger partial charge in [-0.2, -0.15) is 0 Å². The summed E-state index contributed by atoms with van der Waals surface area (Å²) in [5.74, 6) is 0.664. The van der Waals surface area contributed by atoms with Crippen LogP contribution >= 0.6 is 0 Å². The van der Waals surface area contributed by atoms with E-state index in [4.69, 9.17) is 10.5 Å². The summed E-state index contributed by atoms with van der Waals surface area (Å²) in [6, 6.07) is 5.59. The van der Waals surface area contributed by atoms with E-state index in [2.05, 4.69) is 5.32 Å². The lowest BCUT2D eigenvalue weighted by Crippen LogP contribution is -2.45. The van der Waals surface area contributed by atoms with E-state index < -0.39 is 0 Å². The smallest absolute Gasteiger partial charge is 0.317 e. The Morgan fingerprint density at radius 2 is 2.35 bits per heavy atom. The van der Waals surface area contributed by atoms with Crippen molar-refractivity contribution in [2.24, 2.45) is 0 Å². The Labute approximate surface area is 101 Å². The van der Waals surface area contributed by atoms with Gasteiger partial charge in [-0.05, 0) is 24.1 Å². The number of hydrogen-bond donors (Lipinski definition) is 2. The molecule has 5 heteroatoms. The van der Waals surface area contributed by atoms with Crippen molar-refractivity contribution in [3.05, 3.63) is 23.8 Å². The van der Waals surface area contributed by atoms with Crippen molar-refractivity contribution in [2.45, 2.75) is 13.0 Å². The third-order valence-corrected chi connectivity index (χ3v) is 2.84. The molecule has 0 aliphatic carbocycles. The van der Waals surface area contributed by atoms with Crippen molar-refractivity contribution in [1.82, 2.24) is 10.2 Å². The van der Waals surface area contributed by atoms with Crippen LogP contribution in [0.3, 0.4) is 0 Å². The first-order valence-corrected chi connectivity index (χ1v) is 5.66. The molecule has 2 rings (SSSR count). The van der Waals surface area contributed by atoms with Crippen LogP contribution in [0.4, 0.5) is 10.5 Å². The number of methoxy groups -OCH3 is 1. The van der Waals surface area contributed by atoms with Crippen LogP contribution in [0, 0.1) is 0 Å². The van der Waals surface area contributed by atoms with Gasteiger partial charge in [-0.3, -0.25) is 0 Å². The highest BCUT2D eigenvalue weighted by atomic mass is 16.5. The van der Waals surface area contributed by atoms with Gasteiger partial charge in [-0.1, -0.05) is 6.07 Å². The Morgan fingerprint density at radius 3 is 3.00 bits per heavy atom. The molecule has 1 aliphatic rings. The number of anilines is 1. The van der Waals surface area contributed by atoms with Gasteiger partial charge in [0, 0.05) is 19.6 Å². The van der Waals surface area contributed by atoms with E-state index in [1.165, 1.54) is 0 Å². The van der Waals surface area contributed by atoms with Crippen LogP contribution in [0.15, 0.2) is 18.2 Å². The lowest BCUT2D eigenvalue weighted by molar-refractivity contribution is 0.183. The average molecular weight is 235 g/mol.